The molecule has 76 valence electrons. The van der Waals surface area contributed by atoms with E-state index >= 15 is 0 Å². The van der Waals surface area contributed by atoms with Crippen LogP contribution in [0.3, 0.4) is 0 Å². The highest BCUT2D eigenvalue weighted by molar-refractivity contribution is 5.00. The lowest BCUT2D eigenvalue weighted by molar-refractivity contribution is 0.0175. The van der Waals surface area contributed by atoms with Gasteiger partial charge in [-0.25, -0.2) is 0 Å². The van der Waals surface area contributed by atoms with Crippen LogP contribution in [0.25, 0.3) is 0 Å². The lowest BCUT2D eigenvalue weighted by Gasteiger charge is -2.43. The number of nitrogens with one attached hydrogen (secondary N) is 1. The van der Waals surface area contributed by atoms with Crippen molar-refractivity contribution < 1.29 is 5.11 Å². The van der Waals surface area contributed by atoms with Crippen molar-refractivity contribution in [3.05, 3.63) is 0 Å². The van der Waals surface area contributed by atoms with Crippen LogP contribution in [0.1, 0.15) is 19.8 Å². The Bertz CT molecular complexity index is 176. The van der Waals surface area contributed by atoms with Crippen LogP contribution in [0.15, 0.2) is 0 Å². The predicted octanol–water partition coefficient (Wildman–Crippen LogP) is 0.0526. The number of rotatable bonds is 3. The molecule has 0 spiro atoms. The van der Waals surface area contributed by atoms with E-state index in [-0.39, 0.29) is 5.54 Å². The summed E-state index contributed by atoms with van der Waals surface area (Å²) in [6.45, 7) is 6.86. The first-order valence-electron chi connectivity index (χ1n) is 5.34. The minimum atomic E-state index is 0.0715. The molecule has 3 heteroatoms. The minimum absolute atomic E-state index is 0.0715. The second kappa shape index (κ2) is 3.56. The van der Waals surface area contributed by atoms with Gasteiger partial charge in [0.1, 0.15) is 0 Å². The molecule has 0 radical (unpaired) electrons. The molecule has 0 aromatic heterocycles. The van der Waals surface area contributed by atoms with Gasteiger partial charge in [-0.3, -0.25) is 4.90 Å². The number of aliphatic hydroxyl groups is 1. The minimum Gasteiger partial charge on any atom is -0.394 e. The van der Waals surface area contributed by atoms with E-state index in [9.17, 15) is 5.11 Å². The van der Waals surface area contributed by atoms with Gasteiger partial charge >= 0.3 is 0 Å². The third-order valence-electron chi connectivity index (χ3n) is 3.62. The van der Waals surface area contributed by atoms with E-state index in [1.165, 1.54) is 12.8 Å². The highest BCUT2D eigenvalue weighted by Crippen LogP contribution is 2.42. The van der Waals surface area contributed by atoms with Crippen LogP contribution < -0.4 is 5.32 Å². The Morgan fingerprint density at radius 1 is 1.38 bits per heavy atom. The van der Waals surface area contributed by atoms with Gasteiger partial charge in [0.05, 0.1) is 6.61 Å². The Kier molecular flexibility index (Phi) is 2.58. The van der Waals surface area contributed by atoms with E-state index < -0.39 is 0 Å². The van der Waals surface area contributed by atoms with Gasteiger partial charge in [0, 0.05) is 31.7 Å². The average Bonchev–Trinajstić information content (AvgIpc) is 3.02. The van der Waals surface area contributed by atoms with Crippen molar-refractivity contribution in [2.24, 2.45) is 5.92 Å². The Labute approximate surface area is 80.1 Å². The van der Waals surface area contributed by atoms with Crippen molar-refractivity contribution >= 4 is 0 Å². The van der Waals surface area contributed by atoms with Gasteiger partial charge < -0.3 is 10.4 Å². The van der Waals surface area contributed by atoms with Crippen LogP contribution in [-0.4, -0.2) is 48.3 Å². The summed E-state index contributed by atoms with van der Waals surface area (Å²) in [6, 6.07) is 0. The molecular formula is C10H20N2O. The third-order valence-corrected chi connectivity index (χ3v) is 3.62. The van der Waals surface area contributed by atoms with Gasteiger partial charge in [0.15, 0.2) is 0 Å². The summed E-state index contributed by atoms with van der Waals surface area (Å²) < 4.78 is 0. The fraction of sp³-hybridized carbons (Fsp3) is 1.00. The molecule has 2 fully saturated rings. The van der Waals surface area contributed by atoms with E-state index in [0.29, 0.717) is 6.61 Å². The molecule has 0 amide bonds. The molecule has 0 bridgehead atoms. The normalized spacial score (nSPS) is 30.0. The van der Waals surface area contributed by atoms with Gasteiger partial charge in [-0.15, -0.1) is 0 Å². The first kappa shape index (κ1) is 9.44. The zero-order valence-electron chi connectivity index (χ0n) is 8.42. The first-order valence-corrected chi connectivity index (χ1v) is 5.34. The zero-order chi connectivity index (χ0) is 9.31. The van der Waals surface area contributed by atoms with E-state index in [2.05, 4.69) is 17.1 Å². The van der Waals surface area contributed by atoms with E-state index in [4.69, 9.17) is 0 Å². The molecule has 2 rings (SSSR count). The molecule has 1 atom stereocenters. The van der Waals surface area contributed by atoms with E-state index in [1.807, 2.05) is 0 Å². The van der Waals surface area contributed by atoms with Crippen molar-refractivity contribution in [1.82, 2.24) is 10.2 Å². The largest absolute Gasteiger partial charge is 0.394 e. The quantitative estimate of drug-likeness (QED) is 0.651. The summed E-state index contributed by atoms with van der Waals surface area (Å²) in [5.74, 6) is 0.746. The molecular weight excluding hydrogens is 164 g/mol. The van der Waals surface area contributed by atoms with Crippen LogP contribution >= 0.6 is 0 Å². The van der Waals surface area contributed by atoms with Crippen LogP contribution in [0, 0.1) is 5.92 Å². The van der Waals surface area contributed by atoms with Crippen molar-refractivity contribution in [3.8, 4) is 0 Å². The molecule has 1 saturated heterocycles. The van der Waals surface area contributed by atoms with E-state index in [1.54, 1.807) is 0 Å². The van der Waals surface area contributed by atoms with Gasteiger partial charge in [-0.1, -0.05) is 0 Å². The fourth-order valence-corrected chi connectivity index (χ4v) is 2.37. The molecule has 1 heterocycles. The number of aliphatic hydroxyl groups excluding tert-OH is 1. The third kappa shape index (κ3) is 1.73. The van der Waals surface area contributed by atoms with Crippen LogP contribution in [0.4, 0.5) is 0 Å². The molecule has 2 aliphatic rings. The summed E-state index contributed by atoms with van der Waals surface area (Å²) in [7, 11) is 0. The van der Waals surface area contributed by atoms with Crippen molar-refractivity contribution in [2.75, 3.05) is 32.8 Å². The monoisotopic (exact) mass is 184 g/mol. The van der Waals surface area contributed by atoms with Crippen molar-refractivity contribution in [2.45, 2.75) is 25.3 Å². The molecule has 2 N–H and O–H groups in total. The molecule has 1 unspecified atom stereocenters. The molecule has 0 aromatic carbocycles. The molecule has 3 nitrogen and oxygen atoms in total. The molecule has 1 aliphatic carbocycles. The lowest BCUT2D eigenvalue weighted by atomic mass is 9.94. The summed E-state index contributed by atoms with van der Waals surface area (Å²) >= 11 is 0. The standard InChI is InChI=1S/C10H20N2O/c1-10(8-13,9-2-3-9)12-6-4-11-5-7-12/h9,11,13H,2-8H2,1H3. The number of nitrogens with zero attached hydrogens (tertiary/aromatic N) is 1. The Hall–Kier alpha value is -0.120. The van der Waals surface area contributed by atoms with Gasteiger partial charge in [-0.2, -0.15) is 0 Å². The van der Waals surface area contributed by atoms with E-state index in [0.717, 1.165) is 32.1 Å². The van der Waals surface area contributed by atoms with Crippen molar-refractivity contribution in [1.29, 1.82) is 0 Å². The summed E-state index contributed by atoms with van der Waals surface area (Å²) in [4.78, 5) is 2.46. The molecule has 1 aliphatic heterocycles. The molecule has 13 heavy (non-hydrogen) atoms. The number of hydrogen-bond acceptors (Lipinski definition) is 3. The van der Waals surface area contributed by atoms with Crippen LogP contribution in [-0.2, 0) is 0 Å². The highest BCUT2D eigenvalue weighted by Gasteiger charge is 2.45. The molecule has 0 aromatic rings. The maximum Gasteiger partial charge on any atom is 0.0615 e. The maximum atomic E-state index is 9.49. The maximum absolute atomic E-state index is 9.49. The van der Waals surface area contributed by atoms with Crippen LogP contribution in [0.2, 0.25) is 0 Å². The van der Waals surface area contributed by atoms with Gasteiger partial charge in [0.2, 0.25) is 0 Å². The number of hydrogen-bond donors (Lipinski definition) is 2. The molecule has 1 saturated carbocycles. The Balaban J connectivity index is 2.00. The summed E-state index contributed by atoms with van der Waals surface area (Å²) in [6.07, 6.45) is 2.61. The first-order chi connectivity index (χ1) is 6.27. The topological polar surface area (TPSA) is 35.5 Å². The highest BCUT2D eigenvalue weighted by atomic mass is 16.3. The zero-order valence-corrected chi connectivity index (χ0v) is 8.42. The predicted molar refractivity (Wildman–Crippen MR) is 52.7 cm³/mol. The SMILES string of the molecule is CC(CO)(C1CC1)N1CCNCC1. The van der Waals surface area contributed by atoms with Crippen LogP contribution in [0.5, 0.6) is 0 Å². The smallest absolute Gasteiger partial charge is 0.0615 e. The summed E-state index contributed by atoms with van der Waals surface area (Å²) in [5.41, 5.74) is 0.0715. The Morgan fingerprint density at radius 2 is 2.00 bits per heavy atom. The second-order valence-electron chi connectivity index (χ2n) is 4.53. The Morgan fingerprint density at radius 3 is 2.46 bits per heavy atom. The number of piperazine rings is 1. The van der Waals surface area contributed by atoms with Gasteiger partial charge in [-0.05, 0) is 25.7 Å². The van der Waals surface area contributed by atoms with Crippen molar-refractivity contribution in [3.63, 3.8) is 0 Å². The van der Waals surface area contributed by atoms with Gasteiger partial charge in [0.25, 0.3) is 0 Å². The summed E-state index contributed by atoms with van der Waals surface area (Å²) in [5, 5.41) is 12.8. The second-order valence-corrected chi connectivity index (χ2v) is 4.53. The fourth-order valence-electron chi connectivity index (χ4n) is 2.37. The lowest BCUT2D eigenvalue weighted by Crippen LogP contribution is -2.57. The average molecular weight is 184 g/mol.